The van der Waals surface area contributed by atoms with E-state index in [1.165, 1.54) is 11.8 Å². The second kappa shape index (κ2) is 11.1. The summed E-state index contributed by atoms with van der Waals surface area (Å²) >= 11 is 4.66. The summed E-state index contributed by atoms with van der Waals surface area (Å²) in [6.07, 6.45) is 0. The molecule has 0 saturated carbocycles. The van der Waals surface area contributed by atoms with Gasteiger partial charge in [0, 0.05) is 47.9 Å². The maximum absolute atomic E-state index is 12.4. The molecular weight excluding hydrogens is 518 g/mol. The lowest BCUT2D eigenvalue weighted by atomic mass is 10.1. The van der Waals surface area contributed by atoms with Gasteiger partial charge in [0.05, 0.1) is 11.3 Å². The van der Waals surface area contributed by atoms with Gasteiger partial charge < -0.3 is 19.5 Å². The number of hydrogen-bond acceptors (Lipinski definition) is 7. The molecule has 1 fully saturated rings. The van der Waals surface area contributed by atoms with E-state index in [4.69, 9.17) is 4.42 Å². The van der Waals surface area contributed by atoms with Gasteiger partial charge in [-0.15, -0.1) is 10.2 Å². The van der Waals surface area contributed by atoms with Gasteiger partial charge >= 0.3 is 0 Å². The largest absolute Gasteiger partial charge is 0.411 e. The van der Waals surface area contributed by atoms with E-state index in [0.29, 0.717) is 11.1 Å². The number of rotatable bonds is 7. The number of aromatic nitrogens is 2. The van der Waals surface area contributed by atoms with E-state index in [0.717, 1.165) is 47.6 Å². The molecule has 0 bridgehead atoms. The lowest BCUT2D eigenvalue weighted by molar-refractivity contribution is -0.134. The van der Waals surface area contributed by atoms with Crippen LogP contribution < -0.4 is 10.2 Å². The first-order valence-electron chi connectivity index (χ1n) is 11.1. The average molecular weight is 544 g/mol. The maximum atomic E-state index is 12.4. The van der Waals surface area contributed by atoms with Crippen molar-refractivity contribution in [2.45, 2.75) is 19.1 Å². The Balaban J connectivity index is 1.25. The molecule has 34 heavy (non-hydrogen) atoms. The maximum Gasteiger partial charge on any atom is 0.277 e. The van der Waals surface area contributed by atoms with Gasteiger partial charge in [0.25, 0.3) is 5.22 Å². The monoisotopic (exact) mass is 543 g/mol. The first-order chi connectivity index (χ1) is 16.4. The van der Waals surface area contributed by atoms with Crippen molar-refractivity contribution < 1.29 is 14.0 Å². The molecule has 1 aliphatic heterocycles. The topological polar surface area (TPSA) is 91.6 Å². The van der Waals surface area contributed by atoms with Crippen LogP contribution in [0.25, 0.3) is 11.5 Å². The normalized spacial score (nSPS) is 13.9. The molecule has 10 heteroatoms. The van der Waals surface area contributed by atoms with Crippen LogP contribution in [-0.4, -0.2) is 58.8 Å². The second-order valence-corrected chi connectivity index (χ2v) is 9.98. The van der Waals surface area contributed by atoms with E-state index < -0.39 is 0 Å². The zero-order chi connectivity index (χ0) is 24.1. The molecule has 0 atom stereocenters. The molecule has 2 heterocycles. The summed E-state index contributed by atoms with van der Waals surface area (Å²) in [6.45, 7) is 6.92. The molecule has 0 spiro atoms. The van der Waals surface area contributed by atoms with Gasteiger partial charge in [-0.1, -0.05) is 37.7 Å². The smallest absolute Gasteiger partial charge is 0.277 e. The van der Waals surface area contributed by atoms with Crippen LogP contribution in [0.2, 0.25) is 0 Å². The third-order valence-electron chi connectivity index (χ3n) is 5.44. The van der Waals surface area contributed by atoms with Crippen LogP contribution in [-0.2, 0) is 9.59 Å². The Labute approximate surface area is 211 Å². The minimum Gasteiger partial charge on any atom is -0.411 e. The van der Waals surface area contributed by atoms with Crippen molar-refractivity contribution in [1.82, 2.24) is 15.1 Å². The molecular formula is C24H26BrN5O3S. The highest BCUT2D eigenvalue weighted by molar-refractivity contribution is 9.10. The van der Waals surface area contributed by atoms with Gasteiger partial charge in [0.2, 0.25) is 17.7 Å². The van der Waals surface area contributed by atoms with E-state index >= 15 is 0 Å². The van der Waals surface area contributed by atoms with Crippen molar-refractivity contribution in [1.29, 1.82) is 0 Å². The van der Waals surface area contributed by atoms with E-state index in [2.05, 4.69) is 36.3 Å². The summed E-state index contributed by atoms with van der Waals surface area (Å²) < 4.78 is 6.53. The molecule has 1 N–H and O–H groups in total. The van der Waals surface area contributed by atoms with Crippen LogP contribution >= 0.6 is 27.7 Å². The van der Waals surface area contributed by atoms with E-state index in [9.17, 15) is 9.59 Å². The highest BCUT2D eigenvalue weighted by Crippen LogP contribution is 2.29. The van der Waals surface area contributed by atoms with Crippen LogP contribution in [0.3, 0.4) is 0 Å². The Morgan fingerprint density at radius 1 is 1.06 bits per heavy atom. The number of nitrogens with zero attached hydrogens (tertiary/aromatic N) is 4. The summed E-state index contributed by atoms with van der Waals surface area (Å²) in [5.41, 5.74) is 2.61. The Morgan fingerprint density at radius 3 is 2.44 bits per heavy atom. The summed E-state index contributed by atoms with van der Waals surface area (Å²) in [7, 11) is 0. The van der Waals surface area contributed by atoms with Gasteiger partial charge in [0.1, 0.15) is 0 Å². The number of piperazine rings is 1. The number of benzene rings is 2. The van der Waals surface area contributed by atoms with Crippen molar-refractivity contribution in [2.75, 3.05) is 42.1 Å². The van der Waals surface area contributed by atoms with Crippen molar-refractivity contribution in [3.8, 4) is 11.5 Å². The van der Waals surface area contributed by atoms with Crippen molar-refractivity contribution >= 4 is 50.9 Å². The zero-order valence-corrected chi connectivity index (χ0v) is 21.4. The average Bonchev–Trinajstić information content (AvgIpc) is 3.32. The molecule has 1 aromatic heterocycles. The minimum atomic E-state index is -0.154. The highest BCUT2D eigenvalue weighted by Gasteiger charge is 2.23. The van der Waals surface area contributed by atoms with Crippen molar-refractivity contribution in [3.63, 3.8) is 0 Å². The van der Waals surface area contributed by atoms with E-state index in [-0.39, 0.29) is 23.5 Å². The number of nitrogens with one attached hydrogen (secondary N) is 1. The molecule has 3 aromatic rings. The number of amides is 2. The fourth-order valence-electron chi connectivity index (χ4n) is 3.64. The molecule has 2 amide bonds. The summed E-state index contributed by atoms with van der Waals surface area (Å²) in [6, 6.07) is 15.3. The second-order valence-electron chi connectivity index (χ2n) is 8.20. The molecule has 0 aliphatic carbocycles. The fourth-order valence-corrected chi connectivity index (χ4v) is 4.66. The Morgan fingerprint density at radius 2 is 1.76 bits per heavy atom. The minimum absolute atomic E-state index is 0.0283. The number of carbonyl (C=O) groups excluding carboxylic acids is 2. The first kappa shape index (κ1) is 24.3. The van der Waals surface area contributed by atoms with Gasteiger partial charge in [-0.2, -0.15) is 0 Å². The fraction of sp³-hybridized carbons (Fsp3) is 0.333. The number of halogens is 1. The number of anilines is 2. The highest BCUT2D eigenvalue weighted by atomic mass is 79.9. The molecule has 0 unspecified atom stereocenters. The molecule has 1 aliphatic rings. The number of carbonyl (C=O) groups is 2. The SMILES string of the molecule is CC(C)C(=O)N1CCN(c2ccc(NC(=O)CSc3nnc(-c4ccccc4Br)o3)cc2)CC1. The predicted molar refractivity (Wildman–Crippen MR) is 137 cm³/mol. The number of thioether (sulfide) groups is 1. The van der Waals surface area contributed by atoms with E-state index in [1.807, 2.05) is 67.3 Å². The third kappa shape index (κ3) is 5.98. The van der Waals surface area contributed by atoms with Crippen LogP contribution in [0.15, 0.2) is 62.6 Å². The van der Waals surface area contributed by atoms with Gasteiger partial charge in [-0.25, -0.2) is 0 Å². The standard InChI is InChI=1S/C24H26BrN5O3S/c1-16(2)23(32)30-13-11-29(12-14-30)18-9-7-17(8-10-18)26-21(31)15-34-24-28-27-22(33-24)19-5-3-4-6-20(19)25/h3-10,16H,11-15H2,1-2H3,(H,26,31). The van der Waals surface area contributed by atoms with Crippen LogP contribution in [0, 0.1) is 5.92 Å². The number of hydrogen-bond donors (Lipinski definition) is 1. The van der Waals surface area contributed by atoms with Crippen LogP contribution in [0.4, 0.5) is 11.4 Å². The zero-order valence-electron chi connectivity index (χ0n) is 19.0. The third-order valence-corrected chi connectivity index (χ3v) is 6.95. The Bertz CT molecular complexity index is 1140. The molecule has 2 aromatic carbocycles. The van der Waals surface area contributed by atoms with Gasteiger partial charge in [-0.05, 0) is 52.3 Å². The Hall–Kier alpha value is -2.85. The Kier molecular flexibility index (Phi) is 7.89. The molecule has 178 valence electrons. The molecule has 8 nitrogen and oxygen atoms in total. The predicted octanol–water partition coefficient (Wildman–Crippen LogP) is 4.53. The van der Waals surface area contributed by atoms with Crippen LogP contribution in [0.1, 0.15) is 13.8 Å². The lowest BCUT2D eigenvalue weighted by Gasteiger charge is -2.37. The molecule has 0 radical (unpaired) electrons. The van der Waals surface area contributed by atoms with E-state index in [1.54, 1.807) is 0 Å². The van der Waals surface area contributed by atoms with Crippen molar-refractivity contribution in [2.24, 2.45) is 5.92 Å². The quantitative estimate of drug-likeness (QED) is 0.437. The van der Waals surface area contributed by atoms with Gasteiger partial charge in [-0.3, -0.25) is 9.59 Å². The van der Waals surface area contributed by atoms with Gasteiger partial charge in [0.15, 0.2) is 0 Å². The van der Waals surface area contributed by atoms with Crippen LogP contribution in [0.5, 0.6) is 0 Å². The summed E-state index contributed by atoms with van der Waals surface area (Å²) in [4.78, 5) is 28.7. The van der Waals surface area contributed by atoms with Crippen molar-refractivity contribution in [3.05, 3.63) is 53.0 Å². The summed E-state index contributed by atoms with van der Waals surface area (Å²) in [5.74, 6) is 0.644. The molecule has 1 saturated heterocycles. The lowest BCUT2D eigenvalue weighted by Crippen LogP contribution is -2.49. The first-order valence-corrected chi connectivity index (χ1v) is 12.8. The summed E-state index contributed by atoms with van der Waals surface area (Å²) in [5, 5.41) is 11.3. The molecule has 4 rings (SSSR count).